The summed E-state index contributed by atoms with van der Waals surface area (Å²) in [4.78, 5) is 21.8. The van der Waals surface area contributed by atoms with Crippen molar-refractivity contribution < 1.29 is 8.78 Å². The largest absolute Gasteiger partial charge is 0.404 e. The third-order valence-corrected chi connectivity index (χ3v) is 12.1. The van der Waals surface area contributed by atoms with Crippen molar-refractivity contribution in [1.29, 1.82) is 0 Å². The zero-order valence-electron chi connectivity index (χ0n) is 34.2. The van der Waals surface area contributed by atoms with Gasteiger partial charge < -0.3 is 25.4 Å². The summed E-state index contributed by atoms with van der Waals surface area (Å²) in [6.45, 7) is 21.6. The van der Waals surface area contributed by atoms with Crippen LogP contribution < -0.4 is 16.0 Å². The lowest BCUT2D eigenvalue weighted by Gasteiger charge is -2.44. The van der Waals surface area contributed by atoms with Crippen LogP contribution in [0.5, 0.6) is 0 Å². The van der Waals surface area contributed by atoms with E-state index in [1.54, 1.807) is 6.20 Å². The summed E-state index contributed by atoms with van der Waals surface area (Å²) in [6.07, 6.45) is 8.79. The van der Waals surface area contributed by atoms with Crippen molar-refractivity contribution in [3.05, 3.63) is 108 Å². The molecule has 11 heteroatoms. The van der Waals surface area contributed by atoms with Gasteiger partial charge in [-0.2, -0.15) is 0 Å². The van der Waals surface area contributed by atoms with Gasteiger partial charge in [-0.05, 0) is 86.9 Å². The van der Waals surface area contributed by atoms with Crippen LogP contribution in [-0.2, 0) is 13.1 Å². The number of anilines is 2. The van der Waals surface area contributed by atoms with Crippen molar-refractivity contribution >= 4 is 39.7 Å². The number of imidazole rings is 1. The van der Waals surface area contributed by atoms with E-state index in [0.717, 1.165) is 153 Å². The van der Waals surface area contributed by atoms with Crippen LogP contribution in [0.4, 0.5) is 20.4 Å². The van der Waals surface area contributed by atoms with Gasteiger partial charge in [-0.1, -0.05) is 45.9 Å². The Hall–Kier alpha value is -5.03. The van der Waals surface area contributed by atoms with Crippen molar-refractivity contribution in [1.82, 2.24) is 24.3 Å². The molecule has 0 spiro atoms. The van der Waals surface area contributed by atoms with Gasteiger partial charge in [0.25, 0.3) is 0 Å². The number of aromatic nitrogens is 3. The number of hydrogen-bond acceptors (Lipinski definition) is 8. The quantitative estimate of drug-likeness (QED) is 0.194. The molecule has 0 aliphatic carbocycles. The molecule has 3 aliphatic rings. The molecular weight excluding hydrogens is 717 g/mol. The van der Waals surface area contributed by atoms with E-state index in [1.807, 2.05) is 26.1 Å². The van der Waals surface area contributed by atoms with Crippen molar-refractivity contribution in [2.24, 2.45) is 22.6 Å². The number of nitrogens with one attached hydrogen (secondary N) is 1. The smallest absolute Gasteiger partial charge is 0.208 e. The number of allylic oxidation sites excluding steroid dienone is 1. The van der Waals surface area contributed by atoms with E-state index in [-0.39, 0.29) is 5.92 Å². The maximum Gasteiger partial charge on any atom is 0.208 e. The highest BCUT2D eigenvalue weighted by atomic mass is 19.1. The fourth-order valence-corrected chi connectivity index (χ4v) is 9.07. The van der Waals surface area contributed by atoms with Gasteiger partial charge >= 0.3 is 0 Å². The number of piperazine rings is 1. The molecular formula is C46H59F2N9. The van der Waals surface area contributed by atoms with E-state index in [2.05, 4.69) is 74.8 Å². The highest BCUT2D eigenvalue weighted by Gasteiger charge is 2.33. The summed E-state index contributed by atoms with van der Waals surface area (Å²) in [5.74, 6) is 0.403. The summed E-state index contributed by atoms with van der Waals surface area (Å²) in [5, 5.41) is 3.60. The summed E-state index contributed by atoms with van der Waals surface area (Å²) in [6, 6.07) is 15.0. The second-order valence-corrected chi connectivity index (χ2v) is 16.4. The minimum absolute atomic E-state index is 0.258. The maximum atomic E-state index is 14.0. The van der Waals surface area contributed by atoms with Gasteiger partial charge in [-0.25, -0.2) is 13.8 Å². The molecule has 2 aromatic carbocycles. The molecule has 4 aromatic rings. The van der Waals surface area contributed by atoms with Crippen LogP contribution in [0.1, 0.15) is 81.3 Å². The predicted molar refractivity (Wildman–Crippen MR) is 231 cm³/mol. The van der Waals surface area contributed by atoms with Crippen LogP contribution in [0.3, 0.4) is 0 Å². The third-order valence-electron chi connectivity index (χ3n) is 12.1. The molecule has 0 amide bonds. The van der Waals surface area contributed by atoms with E-state index in [9.17, 15) is 8.78 Å². The Morgan fingerprint density at radius 1 is 1.00 bits per heavy atom. The molecule has 0 radical (unpaired) electrons. The number of rotatable bonds is 7. The Kier molecular flexibility index (Phi) is 12.4. The average molecular weight is 776 g/mol. The first-order valence-corrected chi connectivity index (χ1v) is 20.7. The van der Waals surface area contributed by atoms with Gasteiger partial charge in [0, 0.05) is 117 Å². The van der Waals surface area contributed by atoms with E-state index in [0.29, 0.717) is 17.6 Å². The normalized spacial score (nSPS) is 22.8. The Morgan fingerprint density at radius 3 is 2.56 bits per heavy atom. The van der Waals surface area contributed by atoms with Gasteiger partial charge in [0.2, 0.25) is 5.95 Å². The number of benzene rings is 2. The molecule has 2 unspecified atom stereocenters. The number of fused-ring (bicyclic) bond motifs is 5. The Bertz CT molecular complexity index is 2150. The predicted octanol–water partition coefficient (Wildman–Crippen LogP) is 9.01. The molecule has 9 nitrogen and oxygen atoms in total. The number of pyridine rings is 1. The first kappa shape index (κ1) is 40.2. The number of hydrogen-bond donors (Lipinski definition) is 2. The minimum Gasteiger partial charge on any atom is -0.404 e. The average Bonchev–Trinajstić information content (AvgIpc) is 3.81. The molecule has 3 aliphatic heterocycles. The number of aliphatic imine (C=N–C) groups is 1. The van der Waals surface area contributed by atoms with Crippen LogP contribution in [0, 0.1) is 30.4 Å². The second kappa shape index (κ2) is 17.6. The molecule has 57 heavy (non-hydrogen) atoms. The summed E-state index contributed by atoms with van der Waals surface area (Å²) >= 11 is 0. The molecule has 3 N–H and O–H groups in total. The zero-order chi connectivity index (χ0) is 40.2. The monoisotopic (exact) mass is 775 g/mol. The van der Waals surface area contributed by atoms with Gasteiger partial charge in [-0.15, -0.1) is 0 Å². The van der Waals surface area contributed by atoms with Crippen molar-refractivity contribution in [3.63, 3.8) is 0 Å². The van der Waals surface area contributed by atoms with Crippen LogP contribution >= 0.6 is 0 Å². The fraction of sp³-hybridized carbons (Fsp3) is 0.457. The molecule has 302 valence electrons. The number of nitrogens with two attached hydrogens (primary N) is 1. The van der Waals surface area contributed by atoms with Crippen molar-refractivity contribution in [2.45, 2.75) is 84.8 Å². The topological polar surface area (TPSA) is 90.8 Å². The number of nitrogens with zero attached hydrogens (tertiary/aromatic N) is 7. The van der Waals surface area contributed by atoms with Gasteiger partial charge in [0.1, 0.15) is 11.6 Å². The number of halogens is 2. The molecule has 0 saturated carbocycles. The van der Waals surface area contributed by atoms with Gasteiger partial charge in [-0.3, -0.25) is 14.9 Å². The first-order valence-electron chi connectivity index (χ1n) is 20.7. The summed E-state index contributed by atoms with van der Waals surface area (Å²) in [7, 11) is 1.83. The molecule has 3 atom stereocenters. The van der Waals surface area contributed by atoms with Crippen LogP contribution in [-0.4, -0.2) is 75.9 Å². The Labute approximate surface area is 337 Å². The van der Waals surface area contributed by atoms with Crippen LogP contribution in [0.15, 0.2) is 78.6 Å². The molecule has 2 bridgehead atoms. The minimum atomic E-state index is -0.538. The van der Waals surface area contributed by atoms with Crippen LogP contribution in [0.2, 0.25) is 0 Å². The lowest BCUT2D eigenvalue weighted by atomic mass is 9.97. The first-order chi connectivity index (χ1) is 27.5. The second-order valence-electron chi connectivity index (χ2n) is 16.4. The lowest BCUT2D eigenvalue weighted by molar-refractivity contribution is 0.0765. The summed E-state index contributed by atoms with van der Waals surface area (Å²) in [5.41, 5.74) is 16.5. The molecule has 5 heterocycles. The standard InChI is InChI=1S/C46H59F2N9/c1-7-10-39-29-54(33(5)35-15-16-55(28-35)40-23-37(47)22-38(48)24-40)17-18-56(39)27-34-13-14-43-45(20-34)57-26-30(2)11-8-9-12-42(50-6)41(25-49)44-21-36(19-31(3)51-44)32(4)52-46(57)53-43/h13-14,19-25,30,35,39H,4-5,7-12,15-18,26-29,49H2,1-3,6H3,(H,52,53)/t30-,35?,39?/m1/s1. The maximum absolute atomic E-state index is 14.0. The Morgan fingerprint density at radius 2 is 1.81 bits per heavy atom. The molecule has 7 rings (SSSR count). The molecule has 2 aromatic heterocycles. The third kappa shape index (κ3) is 9.09. The number of aryl methyl sites for hydroxylation is 1. The van der Waals surface area contributed by atoms with Crippen molar-refractivity contribution in [3.8, 4) is 0 Å². The van der Waals surface area contributed by atoms with E-state index < -0.39 is 11.6 Å². The van der Waals surface area contributed by atoms with Gasteiger partial charge in [0.15, 0.2) is 0 Å². The van der Waals surface area contributed by atoms with Gasteiger partial charge in [0.05, 0.1) is 16.7 Å². The molecule has 2 saturated heterocycles. The van der Waals surface area contributed by atoms with Crippen LogP contribution in [0.25, 0.3) is 22.3 Å². The van der Waals surface area contributed by atoms with Crippen molar-refractivity contribution in [2.75, 3.05) is 50.0 Å². The van der Waals surface area contributed by atoms with E-state index in [1.165, 1.54) is 17.7 Å². The van der Waals surface area contributed by atoms with E-state index in [4.69, 9.17) is 15.7 Å². The highest BCUT2D eigenvalue weighted by molar-refractivity contribution is 6.23. The molecule has 2 fully saturated rings. The highest BCUT2D eigenvalue weighted by Crippen LogP contribution is 2.33. The SMILES string of the molecule is C=C1Nc2nc3ccc(CN4CCN(C(=C)C5CCN(c6cc(F)cc(F)c6)C5)CC4CCC)cc3n2C[C@H](C)CCCCC(=NC)C(=CN)c2cc1cc(C)n2. The fourth-order valence-electron chi connectivity index (χ4n) is 9.07. The zero-order valence-corrected chi connectivity index (χ0v) is 34.2. The van der Waals surface area contributed by atoms with E-state index >= 15 is 0 Å². The lowest BCUT2D eigenvalue weighted by Crippen LogP contribution is -2.52. The Balaban J connectivity index is 1.09. The summed E-state index contributed by atoms with van der Waals surface area (Å²) < 4.78 is 30.3.